The van der Waals surface area contributed by atoms with Crippen molar-refractivity contribution in [1.82, 2.24) is 5.32 Å². The minimum atomic E-state index is -2.23. The molecule has 1 rings (SSSR count). The number of methoxy groups -OCH3 is 1. The summed E-state index contributed by atoms with van der Waals surface area (Å²) in [7, 11) is 1.04. The summed E-state index contributed by atoms with van der Waals surface area (Å²) in [5.74, 6) is -3.77. The van der Waals surface area contributed by atoms with Gasteiger partial charge in [0.15, 0.2) is 0 Å². The molecule has 10 heteroatoms. The second kappa shape index (κ2) is 7.11. The quantitative estimate of drug-likeness (QED) is 0.260. The van der Waals surface area contributed by atoms with Crippen LogP contribution in [-0.4, -0.2) is 87.9 Å². The van der Waals surface area contributed by atoms with Gasteiger partial charge in [0.2, 0.25) is 6.41 Å². The molecular weight excluding hydrogens is 290 g/mol. The molecule has 1 amide bonds. The van der Waals surface area contributed by atoms with E-state index < -0.39 is 55.2 Å². The molecule has 1 aliphatic heterocycles. The fraction of sp³-hybridized carbons (Fsp3) is 0.818. The fourth-order valence-corrected chi connectivity index (χ4v) is 2.21. The van der Waals surface area contributed by atoms with Crippen LogP contribution >= 0.6 is 0 Å². The van der Waals surface area contributed by atoms with Crippen molar-refractivity contribution in [3.8, 4) is 0 Å². The normalized spacial score (nSPS) is 35.8. The first-order valence-corrected chi connectivity index (χ1v) is 6.14. The van der Waals surface area contributed by atoms with E-state index in [-0.39, 0.29) is 6.41 Å². The number of ether oxygens (including phenoxy) is 2. The molecule has 0 unspecified atom stereocenters. The van der Waals surface area contributed by atoms with Gasteiger partial charge in [-0.3, -0.25) is 4.79 Å². The molecule has 0 aromatic carbocycles. The van der Waals surface area contributed by atoms with Gasteiger partial charge in [0.25, 0.3) is 5.79 Å². The number of nitrogens with one attached hydrogen (secondary N) is 1. The Morgan fingerprint density at radius 3 is 2.62 bits per heavy atom. The van der Waals surface area contributed by atoms with E-state index in [0.29, 0.717) is 0 Å². The lowest BCUT2D eigenvalue weighted by atomic mass is 9.89. The van der Waals surface area contributed by atoms with Crippen LogP contribution in [-0.2, 0) is 19.1 Å². The van der Waals surface area contributed by atoms with Gasteiger partial charge in [-0.15, -0.1) is 0 Å². The average Bonchev–Trinajstić information content (AvgIpc) is 2.47. The molecule has 0 radical (unpaired) electrons. The molecule has 0 aromatic rings. The lowest BCUT2D eigenvalue weighted by Gasteiger charge is -2.45. The number of aliphatic hydroxyl groups excluding tert-OH is 4. The maximum absolute atomic E-state index is 11.3. The maximum atomic E-state index is 11.3. The van der Waals surface area contributed by atoms with Crippen molar-refractivity contribution in [2.45, 2.75) is 42.7 Å². The standard InChI is InChI=1S/C11H19NO9/c1-20-11(10(18)19)2-5(15)7(12-4-14)9(21-11)8(17)6(16)3-13/h4-9,13,15-17H,2-3H2,1H3,(H,12,14)(H,18,19)/t5-,6+,7+,8+,9+,11+/m0/s1. The molecular formula is C11H19NO9. The second-order valence-electron chi connectivity index (χ2n) is 4.67. The highest BCUT2D eigenvalue weighted by atomic mass is 16.7. The van der Waals surface area contributed by atoms with Crippen LogP contribution in [0.4, 0.5) is 0 Å². The van der Waals surface area contributed by atoms with E-state index in [2.05, 4.69) is 5.32 Å². The summed E-state index contributed by atoms with van der Waals surface area (Å²) in [4.78, 5) is 21.9. The van der Waals surface area contributed by atoms with Gasteiger partial charge in [0.1, 0.15) is 18.3 Å². The van der Waals surface area contributed by atoms with Gasteiger partial charge in [-0.05, 0) is 0 Å². The topological polar surface area (TPSA) is 166 Å². The Kier molecular flexibility index (Phi) is 6.01. The average molecular weight is 309 g/mol. The van der Waals surface area contributed by atoms with E-state index in [4.69, 9.17) is 14.6 Å². The lowest BCUT2D eigenvalue weighted by molar-refractivity contribution is -0.303. The molecule has 6 atom stereocenters. The predicted octanol–water partition coefficient (Wildman–Crippen LogP) is -3.61. The summed E-state index contributed by atoms with van der Waals surface area (Å²) in [5, 5.41) is 49.6. The highest BCUT2D eigenvalue weighted by Gasteiger charge is 2.54. The third kappa shape index (κ3) is 3.48. The fourth-order valence-electron chi connectivity index (χ4n) is 2.21. The van der Waals surface area contributed by atoms with Crippen LogP contribution in [0.5, 0.6) is 0 Å². The molecule has 122 valence electrons. The van der Waals surface area contributed by atoms with Crippen LogP contribution in [0.3, 0.4) is 0 Å². The lowest BCUT2D eigenvalue weighted by Crippen LogP contribution is -2.67. The number of hydrogen-bond acceptors (Lipinski definition) is 8. The Hall–Kier alpha value is -1.30. The third-order valence-corrected chi connectivity index (χ3v) is 3.41. The molecule has 1 saturated heterocycles. The number of rotatable bonds is 7. The molecule has 1 aliphatic rings. The molecule has 0 bridgehead atoms. The molecule has 0 aromatic heterocycles. The van der Waals surface area contributed by atoms with Gasteiger partial charge in [-0.2, -0.15) is 0 Å². The van der Waals surface area contributed by atoms with E-state index in [1.54, 1.807) is 0 Å². The van der Waals surface area contributed by atoms with E-state index >= 15 is 0 Å². The number of carboxylic acid groups (broad SMARTS) is 1. The van der Waals surface area contributed by atoms with Crippen LogP contribution in [0.25, 0.3) is 0 Å². The number of aliphatic hydroxyl groups is 4. The summed E-state index contributed by atoms with van der Waals surface area (Å²) < 4.78 is 9.96. The molecule has 0 spiro atoms. The summed E-state index contributed by atoms with van der Waals surface area (Å²) >= 11 is 0. The largest absolute Gasteiger partial charge is 0.477 e. The first-order valence-electron chi connectivity index (χ1n) is 6.14. The number of carbonyl (C=O) groups excluding carboxylic acids is 1. The second-order valence-corrected chi connectivity index (χ2v) is 4.67. The maximum Gasteiger partial charge on any atom is 0.364 e. The zero-order valence-electron chi connectivity index (χ0n) is 11.2. The van der Waals surface area contributed by atoms with Crippen LogP contribution in [0, 0.1) is 0 Å². The Morgan fingerprint density at radius 1 is 1.57 bits per heavy atom. The first kappa shape index (κ1) is 17.8. The van der Waals surface area contributed by atoms with Crippen molar-refractivity contribution < 1.29 is 44.6 Å². The third-order valence-electron chi connectivity index (χ3n) is 3.41. The number of carboxylic acids is 1. The van der Waals surface area contributed by atoms with E-state index in [1.807, 2.05) is 0 Å². The van der Waals surface area contributed by atoms with Crippen molar-refractivity contribution in [3.05, 3.63) is 0 Å². The van der Waals surface area contributed by atoms with Crippen molar-refractivity contribution in [3.63, 3.8) is 0 Å². The Labute approximate surface area is 119 Å². The van der Waals surface area contributed by atoms with Crippen molar-refractivity contribution >= 4 is 12.4 Å². The minimum absolute atomic E-state index is 0.239. The number of carbonyl (C=O) groups is 2. The molecule has 1 heterocycles. The molecule has 21 heavy (non-hydrogen) atoms. The summed E-state index contributed by atoms with van der Waals surface area (Å²) in [6.45, 7) is -0.821. The molecule has 0 saturated carbocycles. The molecule has 6 N–H and O–H groups in total. The number of amides is 1. The predicted molar refractivity (Wildman–Crippen MR) is 65.0 cm³/mol. The minimum Gasteiger partial charge on any atom is -0.477 e. The van der Waals surface area contributed by atoms with Gasteiger partial charge in [-0.25, -0.2) is 4.79 Å². The summed E-state index contributed by atoms with van der Waals surface area (Å²) in [5.41, 5.74) is 0. The zero-order valence-corrected chi connectivity index (χ0v) is 11.2. The van der Waals surface area contributed by atoms with Crippen LogP contribution < -0.4 is 5.32 Å². The number of aliphatic carboxylic acids is 1. The monoisotopic (exact) mass is 309 g/mol. The van der Waals surface area contributed by atoms with Gasteiger partial charge < -0.3 is 40.3 Å². The van der Waals surface area contributed by atoms with E-state index in [9.17, 15) is 30.0 Å². The van der Waals surface area contributed by atoms with Gasteiger partial charge in [-0.1, -0.05) is 0 Å². The van der Waals surface area contributed by atoms with Crippen LogP contribution in [0.2, 0.25) is 0 Å². The van der Waals surface area contributed by atoms with Gasteiger partial charge in [0, 0.05) is 13.5 Å². The summed E-state index contributed by atoms with van der Waals surface area (Å²) in [6, 6.07) is -1.18. The zero-order chi connectivity index (χ0) is 16.2. The van der Waals surface area contributed by atoms with E-state index in [1.165, 1.54) is 0 Å². The smallest absolute Gasteiger partial charge is 0.364 e. The highest BCUT2D eigenvalue weighted by Crippen LogP contribution is 2.32. The van der Waals surface area contributed by atoms with Crippen LogP contribution in [0.1, 0.15) is 6.42 Å². The SMILES string of the molecule is CO[C@]1(C(=O)O)C[C@H](O)[C@@H](NC=O)[C@H]([C@H](O)[C@H](O)CO)O1. The van der Waals surface area contributed by atoms with Crippen molar-refractivity contribution in [2.24, 2.45) is 0 Å². The number of hydrogen-bond donors (Lipinski definition) is 6. The Bertz CT molecular complexity index is 379. The molecule has 0 aliphatic carbocycles. The van der Waals surface area contributed by atoms with Gasteiger partial charge in [0.05, 0.1) is 18.8 Å². The summed E-state index contributed by atoms with van der Waals surface area (Å²) in [6.07, 6.45) is -6.58. The van der Waals surface area contributed by atoms with E-state index in [0.717, 1.165) is 7.11 Å². The van der Waals surface area contributed by atoms with Crippen molar-refractivity contribution in [1.29, 1.82) is 0 Å². The molecule has 1 fully saturated rings. The Morgan fingerprint density at radius 2 is 2.19 bits per heavy atom. The molecule has 10 nitrogen and oxygen atoms in total. The Balaban J connectivity index is 3.11. The highest BCUT2D eigenvalue weighted by molar-refractivity contribution is 5.76. The first-order chi connectivity index (χ1) is 9.82. The van der Waals surface area contributed by atoms with Crippen LogP contribution in [0.15, 0.2) is 0 Å². The van der Waals surface area contributed by atoms with Gasteiger partial charge >= 0.3 is 5.97 Å². The van der Waals surface area contributed by atoms with Crippen molar-refractivity contribution in [2.75, 3.05) is 13.7 Å².